The van der Waals surface area contributed by atoms with Crippen LogP contribution < -0.4 is 4.74 Å². The van der Waals surface area contributed by atoms with Crippen LogP contribution >= 0.6 is 11.3 Å². The fourth-order valence-corrected chi connectivity index (χ4v) is 6.61. The molecule has 1 amide bonds. The van der Waals surface area contributed by atoms with Crippen molar-refractivity contribution in [3.63, 3.8) is 0 Å². The monoisotopic (exact) mass is 523 g/mol. The van der Waals surface area contributed by atoms with Gasteiger partial charge >= 0.3 is 6.09 Å². The first-order valence-electron chi connectivity index (χ1n) is 12.1. The zero-order chi connectivity index (χ0) is 25.0. The number of likely N-dealkylation sites (tertiary alicyclic amines) is 1. The van der Waals surface area contributed by atoms with Gasteiger partial charge in [0.2, 0.25) is 10.0 Å². The summed E-state index contributed by atoms with van der Waals surface area (Å²) in [5.41, 5.74) is 3.06. The highest BCUT2D eigenvalue weighted by molar-refractivity contribution is 7.89. The van der Waals surface area contributed by atoms with E-state index in [1.54, 1.807) is 4.90 Å². The molecule has 0 unspecified atom stereocenters. The fraction of sp³-hybridized carbons (Fsp3) is 0.583. The molecule has 11 heteroatoms. The molecule has 0 atom stereocenters. The minimum atomic E-state index is -3.33. The number of amides is 1. The van der Waals surface area contributed by atoms with Crippen LogP contribution in [0.15, 0.2) is 24.3 Å². The molecule has 1 saturated heterocycles. The lowest BCUT2D eigenvalue weighted by Crippen LogP contribution is -2.42. The Kier molecular flexibility index (Phi) is 8.31. The molecule has 2 aromatic rings. The number of aliphatic hydroxyl groups is 1. The second kappa shape index (κ2) is 11.2. The van der Waals surface area contributed by atoms with Crippen LogP contribution in [0.2, 0.25) is 0 Å². The van der Waals surface area contributed by atoms with Crippen LogP contribution in [0, 0.1) is 0 Å². The Labute approximate surface area is 210 Å². The highest BCUT2D eigenvalue weighted by atomic mass is 32.2. The molecule has 0 saturated carbocycles. The molecule has 2 aliphatic heterocycles. The molecule has 3 heterocycles. The number of benzene rings is 1. The number of ether oxygens (including phenoxy) is 2. The Morgan fingerprint density at radius 2 is 2.03 bits per heavy atom. The van der Waals surface area contributed by atoms with Crippen molar-refractivity contribution in [1.29, 1.82) is 0 Å². The molecule has 192 valence electrons. The van der Waals surface area contributed by atoms with E-state index in [0.29, 0.717) is 37.8 Å². The number of carbonyl (C=O) groups is 1. The molecule has 9 nitrogen and oxygen atoms in total. The molecule has 4 rings (SSSR count). The average molecular weight is 524 g/mol. The van der Waals surface area contributed by atoms with E-state index in [-0.39, 0.29) is 37.1 Å². The van der Waals surface area contributed by atoms with Gasteiger partial charge < -0.3 is 19.5 Å². The number of nitrogens with zero attached hydrogens (tertiary/aromatic N) is 3. The molecular formula is C24H33N3O6S2. The maximum atomic E-state index is 12.4. The Hall–Kier alpha value is -2.21. The van der Waals surface area contributed by atoms with Gasteiger partial charge in [-0.1, -0.05) is 23.5 Å². The largest absolute Gasteiger partial charge is 0.467 e. The van der Waals surface area contributed by atoms with E-state index >= 15 is 0 Å². The van der Waals surface area contributed by atoms with Gasteiger partial charge in [-0.25, -0.2) is 18.2 Å². The van der Waals surface area contributed by atoms with Crippen molar-refractivity contribution in [1.82, 2.24) is 14.2 Å². The SMILES string of the molecule is CC(C)OC(=O)N1CCC(Oc2nc3ccc(C4=CCN(S(=O)(=O)CCCO)CC4)cc3s2)CC1. The molecule has 1 N–H and O–H groups in total. The second-order valence-corrected chi connectivity index (χ2v) is 12.2. The van der Waals surface area contributed by atoms with E-state index in [9.17, 15) is 13.2 Å². The summed E-state index contributed by atoms with van der Waals surface area (Å²) in [7, 11) is -3.33. The van der Waals surface area contributed by atoms with Crippen molar-refractivity contribution in [2.75, 3.05) is 38.5 Å². The summed E-state index contributed by atoms with van der Waals surface area (Å²) in [6.07, 6.45) is 3.95. The van der Waals surface area contributed by atoms with Crippen LogP contribution in [-0.4, -0.2) is 84.6 Å². The minimum Gasteiger partial charge on any atom is -0.467 e. The first-order valence-corrected chi connectivity index (χ1v) is 14.5. The highest BCUT2D eigenvalue weighted by Crippen LogP contribution is 2.33. The van der Waals surface area contributed by atoms with Crippen LogP contribution in [0.3, 0.4) is 0 Å². The van der Waals surface area contributed by atoms with Crippen LogP contribution in [0.4, 0.5) is 4.79 Å². The van der Waals surface area contributed by atoms with Crippen LogP contribution in [-0.2, 0) is 14.8 Å². The van der Waals surface area contributed by atoms with Gasteiger partial charge in [0.25, 0.3) is 5.19 Å². The first kappa shape index (κ1) is 25.9. The smallest absolute Gasteiger partial charge is 0.410 e. The lowest BCUT2D eigenvalue weighted by atomic mass is 10.0. The van der Waals surface area contributed by atoms with Crippen molar-refractivity contribution in [3.05, 3.63) is 29.8 Å². The van der Waals surface area contributed by atoms with Crippen molar-refractivity contribution in [3.8, 4) is 5.19 Å². The molecule has 0 bridgehead atoms. The van der Waals surface area contributed by atoms with E-state index in [1.165, 1.54) is 15.6 Å². The second-order valence-electron chi connectivity index (χ2n) is 9.13. The highest BCUT2D eigenvalue weighted by Gasteiger charge is 2.27. The molecule has 35 heavy (non-hydrogen) atoms. The first-order chi connectivity index (χ1) is 16.7. The molecule has 1 aromatic carbocycles. The zero-order valence-electron chi connectivity index (χ0n) is 20.2. The number of sulfonamides is 1. The van der Waals surface area contributed by atoms with Gasteiger partial charge in [-0.15, -0.1) is 0 Å². The minimum absolute atomic E-state index is 0.0120. The van der Waals surface area contributed by atoms with Crippen molar-refractivity contribution in [2.45, 2.75) is 51.7 Å². The summed E-state index contributed by atoms with van der Waals surface area (Å²) in [4.78, 5) is 18.4. The number of aromatic nitrogens is 1. The Balaban J connectivity index is 1.36. The van der Waals surface area contributed by atoms with Gasteiger partial charge in [-0.3, -0.25) is 0 Å². The molecular weight excluding hydrogens is 490 g/mol. The number of rotatable bonds is 8. The number of hydrogen-bond donors (Lipinski definition) is 1. The summed E-state index contributed by atoms with van der Waals surface area (Å²) >= 11 is 1.50. The average Bonchev–Trinajstić information content (AvgIpc) is 3.24. The topological polar surface area (TPSA) is 109 Å². The number of aliphatic hydroxyl groups excluding tert-OH is 1. The molecule has 0 aliphatic carbocycles. The fourth-order valence-electron chi connectivity index (χ4n) is 4.27. The van der Waals surface area contributed by atoms with Crippen molar-refractivity contribution >= 4 is 43.2 Å². The third-order valence-electron chi connectivity index (χ3n) is 6.17. The van der Waals surface area contributed by atoms with Crippen molar-refractivity contribution in [2.24, 2.45) is 0 Å². The summed E-state index contributed by atoms with van der Waals surface area (Å²) in [6, 6.07) is 6.09. The molecule has 2 aliphatic rings. The molecule has 0 radical (unpaired) electrons. The van der Waals surface area contributed by atoms with E-state index in [0.717, 1.165) is 34.2 Å². The van der Waals surface area contributed by atoms with Crippen molar-refractivity contribution < 1.29 is 27.8 Å². The van der Waals surface area contributed by atoms with E-state index < -0.39 is 10.0 Å². The number of carbonyl (C=O) groups excluding carboxylic acids is 1. The summed E-state index contributed by atoms with van der Waals surface area (Å²) < 4.78 is 38.6. The Morgan fingerprint density at radius 1 is 1.26 bits per heavy atom. The van der Waals surface area contributed by atoms with Gasteiger partial charge in [0.1, 0.15) is 6.10 Å². The lowest BCUT2D eigenvalue weighted by Gasteiger charge is -2.31. The number of hydrogen-bond acceptors (Lipinski definition) is 8. The molecule has 1 fully saturated rings. The Morgan fingerprint density at radius 3 is 2.69 bits per heavy atom. The predicted octanol–water partition coefficient (Wildman–Crippen LogP) is 3.49. The van der Waals surface area contributed by atoms with Gasteiger partial charge in [0, 0.05) is 45.6 Å². The van der Waals surface area contributed by atoms with Crippen LogP contribution in [0.5, 0.6) is 5.19 Å². The predicted molar refractivity (Wildman–Crippen MR) is 136 cm³/mol. The van der Waals surface area contributed by atoms with Gasteiger partial charge in [0.15, 0.2) is 0 Å². The molecule has 0 spiro atoms. The number of piperidine rings is 1. The zero-order valence-corrected chi connectivity index (χ0v) is 21.8. The number of fused-ring (bicyclic) bond motifs is 1. The number of thiazole rings is 1. The summed E-state index contributed by atoms with van der Waals surface area (Å²) in [5.74, 6) is -0.0245. The van der Waals surface area contributed by atoms with Gasteiger partial charge in [-0.05, 0) is 50.0 Å². The lowest BCUT2D eigenvalue weighted by molar-refractivity contribution is 0.0517. The summed E-state index contributed by atoms with van der Waals surface area (Å²) in [5, 5.41) is 9.55. The third-order valence-corrected chi connectivity index (χ3v) is 9.00. The van der Waals surface area contributed by atoms with E-state index in [2.05, 4.69) is 11.1 Å². The maximum Gasteiger partial charge on any atom is 0.410 e. The summed E-state index contributed by atoms with van der Waals surface area (Å²) in [6.45, 7) is 5.56. The van der Waals surface area contributed by atoms with Crippen LogP contribution in [0.1, 0.15) is 45.1 Å². The van der Waals surface area contributed by atoms with Gasteiger partial charge in [0.05, 0.1) is 22.1 Å². The standard InChI is InChI=1S/C24H33N3O6S2/c1-17(2)32-24(29)26-10-8-20(9-11-26)33-23-25-21-5-4-19(16-22(21)34-23)18-6-12-27(13-7-18)35(30,31)15-3-14-28/h4-6,16-17,20,28H,3,7-15H2,1-2H3. The van der Waals surface area contributed by atoms with E-state index in [1.807, 2.05) is 32.1 Å². The van der Waals surface area contributed by atoms with Gasteiger partial charge in [-0.2, -0.15) is 4.31 Å². The molecule has 1 aromatic heterocycles. The van der Waals surface area contributed by atoms with Crippen LogP contribution in [0.25, 0.3) is 15.8 Å². The maximum absolute atomic E-state index is 12.4. The Bertz CT molecular complexity index is 1170. The normalized spacial score (nSPS) is 18.2. The third kappa shape index (κ3) is 6.52. The van der Waals surface area contributed by atoms with E-state index in [4.69, 9.17) is 14.6 Å². The quantitative estimate of drug-likeness (QED) is 0.564.